The van der Waals surface area contributed by atoms with Crippen molar-refractivity contribution in [2.45, 2.75) is 58.5 Å². The fraction of sp³-hybridized carbons (Fsp3) is 0.478. The van der Waals surface area contributed by atoms with Gasteiger partial charge < -0.3 is 4.52 Å². The van der Waals surface area contributed by atoms with Crippen molar-refractivity contribution in [2.75, 3.05) is 0 Å². The summed E-state index contributed by atoms with van der Waals surface area (Å²) in [5.41, 5.74) is 0. The van der Waals surface area contributed by atoms with E-state index in [-0.39, 0.29) is 6.10 Å². The molecule has 0 bridgehead atoms. The molecule has 4 unspecified atom stereocenters. The third-order valence-electron chi connectivity index (χ3n) is 4.22. The Balaban J connectivity index is 2.17. The highest BCUT2D eigenvalue weighted by Crippen LogP contribution is 2.42. The van der Waals surface area contributed by atoms with Crippen molar-refractivity contribution in [3.05, 3.63) is 72.9 Å². The van der Waals surface area contributed by atoms with Crippen molar-refractivity contribution in [3.8, 4) is 0 Å². The Labute approximate surface area is 157 Å². The second kappa shape index (κ2) is 15.1. The highest BCUT2D eigenvalue weighted by Gasteiger charge is 2.32. The Morgan fingerprint density at radius 2 is 1.72 bits per heavy atom. The molecule has 0 aromatic carbocycles. The van der Waals surface area contributed by atoms with E-state index in [9.17, 15) is 0 Å². The third kappa shape index (κ3) is 11.9. The van der Waals surface area contributed by atoms with Crippen LogP contribution >= 0.6 is 9.47 Å². The van der Waals surface area contributed by atoms with E-state index in [1.54, 1.807) is 0 Å². The smallest absolute Gasteiger partial charge is 0.0828 e. The molecular weight excluding hydrogens is 323 g/mol. The molecule has 1 rings (SSSR count). The van der Waals surface area contributed by atoms with Crippen LogP contribution in [0.15, 0.2) is 72.9 Å². The van der Waals surface area contributed by atoms with Crippen molar-refractivity contribution in [1.82, 2.24) is 0 Å². The van der Waals surface area contributed by atoms with Crippen LogP contribution in [0, 0.1) is 11.8 Å². The van der Waals surface area contributed by atoms with E-state index in [0.29, 0.717) is 0 Å². The van der Waals surface area contributed by atoms with Crippen LogP contribution in [0.4, 0.5) is 0 Å². The molecule has 1 aliphatic rings. The molecule has 0 amide bonds. The lowest BCUT2D eigenvalue weighted by Gasteiger charge is -2.05. The van der Waals surface area contributed by atoms with Gasteiger partial charge in [-0.2, -0.15) is 0 Å². The minimum Gasteiger partial charge on any atom is -0.358 e. The maximum absolute atomic E-state index is 5.34. The van der Waals surface area contributed by atoms with Crippen LogP contribution in [-0.2, 0) is 4.52 Å². The molecule has 0 spiro atoms. The summed E-state index contributed by atoms with van der Waals surface area (Å²) >= 11 is 0. The second-order valence-electron chi connectivity index (χ2n) is 6.48. The van der Waals surface area contributed by atoms with Gasteiger partial charge in [0.1, 0.15) is 0 Å². The van der Waals surface area contributed by atoms with Gasteiger partial charge in [0, 0.05) is 9.47 Å². The quantitative estimate of drug-likeness (QED) is 0.193. The van der Waals surface area contributed by atoms with Crippen LogP contribution in [0.2, 0.25) is 0 Å². The topological polar surface area (TPSA) is 9.23 Å². The zero-order valence-electron chi connectivity index (χ0n) is 15.9. The van der Waals surface area contributed by atoms with Gasteiger partial charge in [-0.1, -0.05) is 93.2 Å². The molecular formula is C23H35OP. The van der Waals surface area contributed by atoms with E-state index in [4.69, 9.17) is 4.52 Å². The van der Waals surface area contributed by atoms with Crippen molar-refractivity contribution in [1.29, 1.82) is 0 Å². The molecule has 0 aliphatic heterocycles. The largest absolute Gasteiger partial charge is 0.358 e. The normalized spacial score (nSPS) is 22.7. The molecule has 2 heteroatoms. The van der Waals surface area contributed by atoms with Crippen molar-refractivity contribution < 1.29 is 4.52 Å². The highest BCUT2D eigenvalue weighted by molar-refractivity contribution is 7.09. The molecule has 1 fully saturated rings. The van der Waals surface area contributed by atoms with Gasteiger partial charge >= 0.3 is 0 Å². The van der Waals surface area contributed by atoms with E-state index in [1.165, 1.54) is 25.7 Å². The minimum atomic E-state index is 0.125. The maximum Gasteiger partial charge on any atom is 0.0828 e. The van der Waals surface area contributed by atoms with Crippen molar-refractivity contribution >= 4 is 9.47 Å². The Morgan fingerprint density at radius 3 is 2.44 bits per heavy atom. The molecule has 0 aromatic heterocycles. The molecule has 0 heterocycles. The van der Waals surface area contributed by atoms with Crippen LogP contribution in [0.25, 0.3) is 0 Å². The lowest BCUT2D eigenvalue weighted by Crippen LogP contribution is -2.00. The van der Waals surface area contributed by atoms with Crippen LogP contribution in [0.1, 0.15) is 52.4 Å². The molecule has 1 nitrogen and oxygen atoms in total. The Hall–Kier alpha value is -1.17. The molecule has 0 N–H and O–H groups in total. The van der Waals surface area contributed by atoms with Crippen LogP contribution < -0.4 is 0 Å². The van der Waals surface area contributed by atoms with Crippen LogP contribution in [0.3, 0.4) is 0 Å². The zero-order chi connectivity index (χ0) is 18.2. The van der Waals surface area contributed by atoms with Crippen LogP contribution in [0.5, 0.6) is 0 Å². The number of hydrogen-bond acceptors (Lipinski definition) is 1. The number of unbranched alkanes of at least 4 members (excludes halogenated alkanes) is 1. The summed E-state index contributed by atoms with van der Waals surface area (Å²) in [6.45, 7) is 4.37. The van der Waals surface area contributed by atoms with Crippen molar-refractivity contribution in [2.24, 2.45) is 11.8 Å². The van der Waals surface area contributed by atoms with Gasteiger partial charge in [0.25, 0.3) is 0 Å². The van der Waals surface area contributed by atoms with Crippen LogP contribution in [-0.4, -0.2) is 6.10 Å². The Morgan fingerprint density at radius 1 is 0.960 bits per heavy atom. The van der Waals surface area contributed by atoms with Crippen molar-refractivity contribution in [3.63, 3.8) is 0 Å². The SMILES string of the molecule is CCC=CCC(C=CC=CC=CC=CC1CC1CC=CCCC)OP. The number of rotatable bonds is 13. The van der Waals surface area contributed by atoms with E-state index in [1.807, 2.05) is 12.2 Å². The van der Waals surface area contributed by atoms with Gasteiger partial charge in [0.2, 0.25) is 0 Å². The summed E-state index contributed by atoms with van der Waals surface area (Å²) in [7, 11) is 2.35. The first-order valence-electron chi connectivity index (χ1n) is 9.65. The van der Waals surface area contributed by atoms with E-state index in [2.05, 4.69) is 84.1 Å². The molecule has 0 saturated heterocycles. The summed E-state index contributed by atoms with van der Waals surface area (Å²) in [6.07, 6.45) is 33.1. The molecule has 138 valence electrons. The Bertz CT molecular complexity index is 496. The lowest BCUT2D eigenvalue weighted by molar-refractivity contribution is 0.298. The maximum atomic E-state index is 5.34. The van der Waals surface area contributed by atoms with Gasteiger partial charge in [0.15, 0.2) is 0 Å². The lowest BCUT2D eigenvalue weighted by atomic mass is 10.2. The fourth-order valence-electron chi connectivity index (χ4n) is 2.56. The summed E-state index contributed by atoms with van der Waals surface area (Å²) in [6, 6.07) is 0. The predicted molar refractivity (Wildman–Crippen MR) is 115 cm³/mol. The van der Waals surface area contributed by atoms with Gasteiger partial charge in [-0.15, -0.1) is 0 Å². The zero-order valence-corrected chi connectivity index (χ0v) is 17.0. The number of allylic oxidation sites excluding steroid dienone is 10. The summed E-state index contributed by atoms with van der Waals surface area (Å²) in [5, 5.41) is 0. The molecule has 1 aliphatic carbocycles. The fourth-order valence-corrected chi connectivity index (χ4v) is 2.76. The summed E-state index contributed by atoms with van der Waals surface area (Å²) in [4.78, 5) is 0. The molecule has 0 radical (unpaired) electrons. The third-order valence-corrected chi connectivity index (χ3v) is 4.57. The van der Waals surface area contributed by atoms with Gasteiger partial charge in [-0.05, 0) is 43.9 Å². The number of hydrogen-bond donors (Lipinski definition) is 0. The van der Waals surface area contributed by atoms with E-state index in [0.717, 1.165) is 24.7 Å². The first kappa shape index (κ1) is 21.9. The van der Waals surface area contributed by atoms with Gasteiger partial charge in [-0.25, -0.2) is 0 Å². The summed E-state index contributed by atoms with van der Waals surface area (Å²) in [5.74, 6) is 1.66. The first-order chi connectivity index (χ1) is 12.3. The van der Waals surface area contributed by atoms with E-state index >= 15 is 0 Å². The predicted octanol–water partition coefficient (Wildman–Crippen LogP) is 7.13. The average molecular weight is 359 g/mol. The average Bonchev–Trinajstić information content (AvgIpc) is 3.37. The standard InChI is InChI=1S/C23H35OP/c1-3-5-7-13-16-21-20-22(21)17-14-10-8-9-11-15-19-23(24-25)18-12-6-4-2/h6-15,17,19,21-23H,3-5,16,18,20,25H2,1-2H3. The molecule has 25 heavy (non-hydrogen) atoms. The minimum absolute atomic E-state index is 0.125. The van der Waals surface area contributed by atoms with E-state index < -0.39 is 0 Å². The molecule has 4 atom stereocenters. The molecule has 1 saturated carbocycles. The first-order valence-corrected chi connectivity index (χ1v) is 10.1. The Kier molecular flexibility index (Phi) is 13.2. The summed E-state index contributed by atoms with van der Waals surface area (Å²) < 4.78 is 5.34. The van der Waals surface area contributed by atoms with Gasteiger partial charge in [0.05, 0.1) is 6.10 Å². The monoisotopic (exact) mass is 358 g/mol. The van der Waals surface area contributed by atoms with Gasteiger partial charge in [-0.3, -0.25) is 0 Å². The molecule has 0 aromatic rings. The highest BCUT2D eigenvalue weighted by atomic mass is 31.0. The second-order valence-corrected chi connectivity index (χ2v) is 6.76.